The highest BCUT2D eigenvalue weighted by atomic mass is 35.5. The van der Waals surface area contributed by atoms with Crippen molar-refractivity contribution in [3.63, 3.8) is 0 Å². The maximum absolute atomic E-state index is 12.3. The zero-order chi connectivity index (χ0) is 15.3. The van der Waals surface area contributed by atoms with Gasteiger partial charge in [-0.25, -0.2) is 4.68 Å². The molecule has 0 bridgehead atoms. The van der Waals surface area contributed by atoms with E-state index in [9.17, 15) is 4.79 Å². The highest BCUT2D eigenvalue weighted by molar-refractivity contribution is 7.09. The van der Waals surface area contributed by atoms with Crippen molar-refractivity contribution in [2.45, 2.75) is 38.8 Å². The van der Waals surface area contributed by atoms with Gasteiger partial charge in [-0.15, -0.1) is 28.8 Å². The number of nitrogens with two attached hydrogens (primary N) is 1. The molecular formula is C14H22ClN5OS. The molecule has 3 N–H and O–H groups in total. The number of hydrogen-bond donors (Lipinski definition) is 2. The van der Waals surface area contributed by atoms with Crippen LogP contribution in [0, 0.1) is 0 Å². The van der Waals surface area contributed by atoms with Gasteiger partial charge in [0.2, 0.25) is 0 Å². The van der Waals surface area contributed by atoms with Gasteiger partial charge >= 0.3 is 0 Å². The van der Waals surface area contributed by atoms with E-state index in [2.05, 4.69) is 15.6 Å². The highest BCUT2D eigenvalue weighted by Gasteiger charge is 2.27. The molecule has 22 heavy (non-hydrogen) atoms. The van der Waals surface area contributed by atoms with Gasteiger partial charge in [-0.2, -0.15) is 0 Å². The van der Waals surface area contributed by atoms with Gasteiger partial charge in [-0.05, 0) is 24.3 Å². The third-order valence-electron chi connectivity index (χ3n) is 3.79. The zero-order valence-corrected chi connectivity index (χ0v) is 14.4. The first-order valence-electron chi connectivity index (χ1n) is 7.07. The first-order chi connectivity index (χ1) is 10.1. The fourth-order valence-electron chi connectivity index (χ4n) is 2.11. The second-order valence-electron chi connectivity index (χ2n) is 5.03. The Bertz CT molecular complexity index is 572. The lowest BCUT2D eigenvalue weighted by molar-refractivity contribution is 0.0890. The van der Waals surface area contributed by atoms with Crippen molar-refractivity contribution in [3.05, 3.63) is 34.3 Å². The van der Waals surface area contributed by atoms with Crippen LogP contribution in [0.15, 0.2) is 23.7 Å². The van der Waals surface area contributed by atoms with Gasteiger partial charge in [0.15, 0.2) is 5.69 Å². The molecular weight excluding hydrogens is 322 g/mol. The second-order valence-corrected chi connectivity index (χ2v) is 6.06. The standard InChI is InChI=1S/C14H21N5OS.ClH/c1-3-14(4-2,10-15)16-13(20)12-9-19(18-17-12)8-11-6-5-7-21-11;/h5-7,9H,3-4,8,10,15H2,1-2H3,(H,16,20);1H. The third-order valence-corrected chi connectivity index (χ3v) is 4.65. The average molecular weight is 344 g/mol. The quantitative estimate of drug-likeness (QED) is 0.805. The van der Waals surface area contributed by atoms with E-state index in [1.165, 1.54) is 4.88 Å². The van der Waals surface area contributed by atoms with Crippen LogP contribution < -0.4 is 11.1 Å². The summed E-state index contributed by atoms with van der Waals surface area (Å²) in [6.07, 6.45) is 3.24. The molecule has 8 heteroatoms. The van der Waals surface area contributed by atoms with Gasteiger partial charge in [0.1, 0.15) is 0 Å². The summed E-state index contributed by atoms with van der Waals surface area (Å²) in [5.74, 6) is -0.221. The summed E-state index contributed by atoms with van der Waals surface area (Å²) in [6.45, 7) is 5.07. The summed E-state index contributed by atoms with van der Waals surface area (Å²) < 4.78 is 1.67. The number of carbonyl (C=O) groups is 1. The number of nitrogens with zero attached hydrogens (tertiary/aromatic N) is 3. The number of aromatic nitrogens is 3. The molecule has 0 aliphatic rings. The molecule has 2 aromatic heterocycles. The fraction of sp³-hybridized carbons (Fsp3) is 0.500. The van der Waals surface area contributed by atoms with Crippen LogP contribution in [0.25, 0.3) is 0 Å². The van der Waals surface area contributed by atoms with Crippen LogP contribution >= 0.6 is 23.7 Å². The van der Waals surface area contributed by atoms with Gasteiger partial charge in [0, 0.05) is 11.4 Å². The predicted octanol–water partition coefficient (Wildman–Crippen LogP) is 2.06. The van der Waals surface area contributed by atoms with E-state index < -0.39 is 0 Å². The Balaban J connectivity index is 0.00000242. The van der Waals surface area contributed by atoms with E-state index in [0.717, 1.165) is 12.8 Å². The predicted molar refractivity (Wildman–Crippen MR) is 90.5 cm³/mol. The van der Waals surface area contributed by atoms with Crippen molar-refractivity contribution in [2.75, 3.05) is 6.54 Å². The molecule has 0 fully saturated rings. The minimum Gasteiger partial charge on any atom is -0.344 e. The maximum atomic E-state index is 12.3. The zero-order valence-electron chi connectivity index (χ0n) is 12.8. The second kappa shape index (κ2) is 8.26. The van der Waals surface area contributed by atoms with Crippen LogP contribution in [0.1, 0.15) is 42.1 Å². The highest BCUT2D eigenvalue weighted by Crippen LogP contribution is 2.14. The van der Waals surface area contributed by atoms with Crippen molar-refractivity contribution in [1.29, 1.82) is 0 Å². The number of rotatable bonds is 7. The van der Waals surface area contributed by atoms with Crippen molar-refractivity contribution in [3.8, 4) is 0 Å². The smallest absolute Gasteiger partial charge is 0.273 e. The molecule has 0 saturated heterocycles. The summed E-state index contributed by atoms with van der Waals surface area (Å²) in [6, 6.07) is 4.02. The summed E-state index contributed by atoms with van der Waals surface area (Å²) >= 11 is 1.65. The minimum atomic E-state index is -0.366. The Labute approximate surface area is 140 Å². The Morgan fingerprint density at radius 3 is 2.73 bits per heavy atom. The molecule has 0 aromatic carbocycles. The molecule has 0 unspecified atom stereocenters. The summed E-state index contributed by atoms with van der Waals surface area (Å²) in [4.78, 5) is 13.4. The minimum absolute atomic E-state index is 0. The van der Waals surface area contributed by atoms with Crippen molar-refractivity contribution in [1.82, 2.24) is 20.3 Å². The van der Waals surface area contributed by atoms with E-state index in [1.54, 1.807) is 22.2 Å². The molecule has 0 spiro atoms. The molecule has 0 aliphatic heterocycles. The van der Waals surface area contributed by atoms with E-state index in [0.29, 0.717) is 18.8 Å². The number of thiophene rings is 1. The molecule has 2 heterocycles. The molecule has 0 aliphatic carbocycles. The van der Waals surface area contributed by atoms with Crippen LogP contribution in [0.5, 0.6) is 0 Å². The van der Waals surface area contributed by atoms with Crippen molar-refractivity contribution < 1.29 is 4.79 Å². The van der Waals surface area contributed by atoms with Gasteiger partial charge in [0.05, 0.1) is 18.3 Å². The lowest BCUT2D eigenvalue weighted by Crippen LogP contribution is -2.53. The van der Waals surface area contributed by atoms with E-state index in [4.69, 9.17) is 5.73 Å². The molecule has 1 amide bonds. The maximum Gasteiger partial charge on any atom is 0.273 e. The van der Waals surface area contributed by atoms with Gasteiger partial charge in [-0.1, -0.05) is 25.1 Å². The number of amides is 1. The van der Waals surface area contributed by atoms with Crippen molar-refractivity contribution in [2.24, 2.45) is 5.73 Å². The van der Waals surface area contributed by atoms with E-state index in [1.807, 2.05) is 31.4 Å². The number of halogens is 1. The Kier molecular flexibility index (Phi) is 6.99. The van der Waals surface area contributed by atoms with Gasteiger partial charge in [-0.3, -0.25) is 4.79 Å². The number of nitrogens with one attached hydrogen (secondary N) is 1. The lowest BCUT2D eigenvalue weighted by Gasteiger charge is -2.30. The SMILES string of the molecule is CCC(CC)(CN)NC(=O)c1cn(Cc2cccs2)nn1.Cl. The molecule has 2 rings (SSSR count). The molecule has 2 aromatic rings. The van der Waals surface area contributed by atoms with Crippen LogP contribution in [0.4, 0.5) is 0 Å². The lowest BCUT2D eigenvalue weighted by atomic mass is 9.93. The largest absolute Gasteiger partial charge is 0.344 e. The first kappa shape index (κ1) is 18.6. The summed E-state index contributed by atoms with van der Waals surface area (Å²) in [5.41, 5.74) is 5.75. The first-order valence-corrected chi connectivity index (χ1v) is 7.95. The van der Waals surface area contributed by atoms with Gasteiger partial charge < -0.3 is 11.1 Å². The third kappa shape index (κ3) is 4.28. The van der Waals surface area contributed by atoms with Crippen LogP contribution in [-0.4, -0.2) is 33.0 Å². The molecule has 0 atom stereocenters. The Morgan fingerprint density at radius 2 is 2.18 bits per heavy atom. The average Bonchev–Trinajstić information content (AvgIpc) is 3.17. The Hall–Kier alpha value is -1.44. The summed E-state index contributed by atoms with van der Waals surface area (Å²) in [7, 11) is 0. The van der Waals surface area contributed by atoms with Gasteiger partial charge in [0.25, 0.3) is 5.91 Å². The van der Waals surface area contributed by atoms with E-state index >= 15 is 0 Å². The number of carbonyl (C=O) groups excluding carboxylic acids is 1. The van der Waals surface area contributed by atoms with Crippen LogP contribution in [-0.2, 0) is 6.54 Å². The number of hydrogen-bond acceptors (Lipinski definition) is 5. The monoisotopic (exact) mass is 343 g/mol. The topological polar surface area (TPSA) is 85.8 Å². The molecule has 6 nitrogen and oxygen atoms in total. The fourth-order valence-corrected chi connectivity index (χ4v) is 2.81. The molecule has 0 saturated carbocycles. The van der Waals surface area contributed by atoms with Crippen LogP contribution in [0.3, 0.4) is 0 Å². The Morgan fingerprint density at radius 1 is 1.45 bits per heavy atom. The summed E-state index contributed by atoms with van der Waals surface area (Å²) in [5, 5.41) is 13.0. The van der Waals surface area contributed by atoms with E-state index in [-0.39, 0.29) is 23.9 Å². The molecule has 122 valence electrons. The van der Waals surface area contributed by atoms with Crippen LogP contribution in [0.2, 0.25) is 0 Å². The molecule has 0 radical (unpaired) electrons. The normalized spacial score (nSPS) is 11.0. The van der Waals surface area contributed by atoms with Crippen molar-refractivity contribution >= 4 is 29.7 Å².